The quantitative estimate of drug-likeness (QED) is 0.0859. The van der Waals surface area contributed by atoms with Crippen LogP contribution in [0, 0.1) is 33.8 Å². The summed E-state index contributed by atoms with van der Waals surface area (Å²) in [7, 11) is 0. The predicted molar refractivity (Wildman–Crippen MR) is 197 cm³/mol. The second-order valence-electron chi connectivity index (χ2n) is 14.1. The lowest BCUT2D eigenvalue weighted by Crippen LogP contribution is -2.53. The predicted octanol–water partition coefficient (Wildman–Crippen LogP) is 7.47. The van der Waals surface area contributed by atoms with Gasteiger partial charge < -0.3 is 5.11 Å². The number of aromatic hydroxyl groups is 1. The van der Waals surface area contributed by atoms with Gasteiger partial charge in [0, 0.05) is 28.5 Å². The van der Waals surface area contributed by atoms with E-state index in [2.05, 4.69) is 0 Å². The molecule has 4 aliphatic rings. The van der Waals surface area contributed by atoms with Gasteiger partial charge in [0.05, 0.1) is 39.5 Å². The lowest BCUT2D eigenvalue weighted by atomic mass is 9.49. The van der Waals surface area contributed by atoms with Gasteiger partial charge in [-0.05, 0) is 65.6 Å². The zero-order valence-electron chi connectivity index (χ0n) is 28.0. The lowest BCUT2D eigenvalue weighted by Gasteiger charge is -2.51. The average Bonchev–Trinajstić information content (AvgIpc) is 3.56. The summed E-state index contributed by atoms with van der Waals surface area (Å²) in [5.41, 5.74) is 0.786. The first kappa shape index (κ1) is 32.8. The summed E-state index contributed by atoms with van der Waals surface area (Å²) in [5, 5.41) is 24.2. The number of nitro groups is 1. The first-order valence-electron chi connectivity index (χ1n) is 17.3. The third-order valence-electron chi connectivity index (χ3n) is 11.7. The van der Waals surface area contributed by atoms with E-state index in [9.17, 15) is 24.8 Å². The standard InChI is InChI=1S/C42H30ClN3O7/c43-24-10-6-11-25(20-24)45-39(49)34-22-33-31(16-17-32-36(33)40(50)44(38(32)48)26-12-7-13-27(21-26)46(52)53)37(42(34,41(45)51)23-8-2-1-3-9-23)30-18-19-35(47)29-15-5-4-14-28(29)30/h1-16,18-21,32-34,36-37,47H,17,22H2/t32-,33+,34-,36-,37-,42+/m0/s1. The van der Waals surface area contributed by atoms with Gasteiger partial charge in [-0.3, -0.25) is 29.3 Å². The van der Waals surface area contributed by atoms with Crippen LogP contribution in [0.4, 0.5) is 17.1 Å². The lowest BCUT2D eigenvalue weighted by molar-refractivity contribution is -0.384. The highest BCUT2D eigenvalue weighted by atomic mass is 35.5. The Hall–Kier alpha value is -6.13. The van der Waals surface area contributed by atoms with Crippen LogP contribution in [0.25, 0.3) is 10.8 Å². The molecule has 5 aromatic rings. The average molecular weight is 724 g/mol. The van der Waals surface area contributed by atoms with Crippen molar-refractivity contribution in [3.63, 3.8) is 0 Å². The number of hydrogen-bond donors (Lipinski definition) is 1. The van der Waals surface area contributed by atoms with Gasteiger partial charge in [0.2, 0.25) is 23.6 Å². The molecule has 2 aliphatic heterocycles. The number of hydrogen-bond acceptors (Lipinski definition) is 7. The molecule has 53 heavy (non-hydrogen) atoms. The molecule has 2 saturated heterocycles. The summed E-state index contributed by atoms with van der Waals surface area (Å²) in [6.07, 6.45) is 2.24. The van der Waals surface area contributed by atoms with E-state index < -0.39 is 63.6 Å². The number of fused-ring (bicyclic) bond motifs is 5. The van der Waals surface area contributed by atoms with Crippen molar-refractivity contribution in [2.45, 2.75) is 24.2 Å². The molecule has 1 N–H and O–H groups in total. The Morgan fingerprint density at radius 2 is 1.43 bits per heavy atom. The number of imide groups is 2. The number of amides is 4. The topological polar surface area (TPSA) is 138 Å². The van der Waals surface area contributed by atoms with E-state index in [-0.39, 0.29) is 30.0 Å². The third-order valence-corrected chi connectivity index (χ3v) is 11.9. The number of nitrogens with zero attached hydrogens (tertiary/aromatic N) is 3. The molecule has 6 atom stereocenters. The summed E-state index contributed by atoms with van der Waals surface area (Å²) in [6.45, 7) is 0. The number of carbonyl (C=O) groups is 4. The highest BCUT2D eigenvalue weighted by Gasteiger charge is 2.70. The molecule has 0 unspecified atom stereocenters. The molecule has 5 aromatic carbocycles. The minimum Gasteiger partial charge on any atom is -0.507 e. The van der Waals surface area contributed by atoms with E-state index in [4.69, 9.17) is 11.6 Å². The highest BCUT2D eigenvalue weighted by molar-refractivity contribution is 6.32. The molecule has 2 heterocycles. The van der Waals surface area contributed by atoms with Crippen LogP contribution in [-0.2, 0) is 24.6 Å². The second-order valence-corrected chi connectivity index (χ2v) is 14.5. The molecule has 0 aromatic heterocycles. The van der Waals surface area contributed by atoms with E-state index >= 15 is 9.59 Å². The first-order valence-corrected chi connectivity index (χ1v) is 17.7. The number of benzene rings is 5. The number of nitro benzene ring substituents is 1. The zero-order chi connectivity index (χ0) is 36.8. The Bertz CT molecular complexity index is 2470. The number of phenolic OH excluding ortho intramolecular Hbond substituents is 1. The molecule has 10 nitrogen and oxygen atoms in total. The number of anilines is 2. The summed E-state index contributed by atoms with van der Waals surface area (Å²) in [5.74, 6) is -5.84. The largest absolute Gasteiger partial charge is 0.507 e. The van der Waals surface area contributed by atoms with E-state index in [0.717, 1.165) is 10.5 Å². The van der Waals surface area contributed by atoms with E-state index in [0.29, 0.717) is 32.6 Å². The number of non-ortho nitro benzene ring substituents is 1. The normalized spacial score (nSPS) is 26.4. The SMILES string of the molecule is O=C1[C@H]2[C@H](CC=C3[C@H]2C[C@H]2C(=O)N(c4cccc(Cl)c4)C(=O)[C@@]2(c2ccccc2)[C@H]3c2ccc(O)c3ccccc23)C(=O)N1c1cccc([N+](=O)[O-])c1. The van der Waals surface area contributed by atoms with Crippen LogP contribution in [0.3, 0.4) is 0 Å². The van der Waals surface area contributed by atoms with Gasteiger partial charge in [0.25, 0.3) is 5.69 Å². The number of rotatable bonds is 5. The van der Waals surface area contributed by atoms with Crippen LogP contribution < -0.4 is 9.80 Å². The van der Waals surface area contributed by atoms with Gasteiger partial charge in [-0.1, -0.05) is 96.0 Å². The molecule has 0 bridgehead atoms. The van der Waals surface area contributed by atoms with Crippen LogP contribution in [0.1, 0.15) is 29.9 Å². The fourth-order valence-electron chi connectivity index (χ4n) is 9.65. The summed E-state index contributed by atoms with van der Waals surface area (Å²) < 4.78 is 0. The van der Waals surface area contributed by atoms with Crippen molar-refractivity contribution in [2.24, 2.45) is 23.7 Å². The van der Waals surface area contributed by atoms with Crippen molar-refractivity contribution in [1.29, 1.82) is 0 Å². The van der Waals surface area contributed by atoms with Crippen LogP contribution in [-0.4, -0.2) is 33.7 Å². The van der Waals surface area contributed by atoms with E-state index in [1.165, 1.54) is 29.2 Å². The number of halogens is 1. The molecule has 1 saturated carbocycles. The monoisotopic (exact) mass is 723 g/mol. The molecule has 262 valence electrons. The van der Waals surface area contributed by atoms with Crippen molar-refractivity contribution in [1.82, 2.24) is 0 Å². The Kier molecular flexibility index (Phi) is 7.39. The fraction of sp³-hybridized carbons (Fsp3) is 0.190. The minimum atomic E-state index is -1.49. The molecule has 0 radical (unpaired) electrons. The molecular formula is C42H30ClN3O7. The van der Waals surface area contributed by atoms with E-state index in [1.807, 2.05) is 54.6 Å². The Labute approximate surface area is 308 Å². The van der Waals surface area contributed by atoms with Gasteiger partial charge in [-0.15, -0.1) is 0 Å². The van der Waals surface area contributed by atoms with Crippen LogP contribution >= 0.6 is 11.6 Å². The van der Waals surface area contributed by atoms with Gasteiger partial charge in [0.15, 0.2) is 0 Å². The molecule has 3 fully saturated rings. The van der Waals surface area contributed by atoms with Gasteiger partial charge in [0.1, 0.15) is 5.75 Å². The van der Waals surface area contributed by atoms with Crippen molar-refractivity contribution < 1.29 is 29.2 Å². The van der Waals surface area contributed by atoms with Gasteiger partial charge >= 0.3 is 0 Å². The molecule has 11 heteroatoms. The number of phenols is 1. The Balaban J connectivity index is 1.29. The maximum absolute atomic E-state index is 15.5. The van der Waals surface area contributed by atoms with Crippen molar-refractivity contribution in [3.8, 4) is 5.75 Å². The third kappa shape index (κ3) is 4.58. The van der Waals surface area contributed by atoms with Gasteiger partial charge in [-0.2, -0.15) is 0 Å². The van der Waals surface area contributed by atoms with Crippen molar-refractivity contribution >= 4 is 63.1 Å². The summed E-state index contributed by atoms with van der Waals surface area (Å²) in [6, 6.07) is 32.0. The number of carbonyl (C=O) groups excluding carboxylic acids is 4. The zero-order valence-corrected chi connectivity index (χ0v) is 28.7. The minimum absolute atomic E-state index is 0.0539. The molecule has 2 aliphatic carbocycles. The first-order chi connectivity index (χ1) is 25.6. The highest BCUT2D eigenvalue weighted by Crippen LogP contribution is 2.65. The summed E-state index contributed by atoms with van der Waals surface area (Å²) in [4.78, 5) is 72.5. The van der Waals surface area contributed by atoms with Gasteiger partial charge in [-0.25, -0.2) is 9.80 Å². The van der Waals surface area contributed by atoms with Crippen molar-refractivity contribution in [2.75, 3.05) is 9.80 Å². The molecule has 0 spiro atoms. The fourth-order valence-corrected chi connectivity index (χ4v) is 9.83. The second kappa shape index (κ2) is 12.0. The van der Waals surface area contributed by atoms with Crippen LogP contribution in [0.5, 0.6) is 5.75 Å². The van der Waals surface area contributed by atoms with E-state index in [1.54, 1.807) is 42.5 Å². The smallest absolute Gasteiger partial charge is 0.271 e. The molecule has 4 amide bonds. The van der Waals surface area contributed by atoms with Crippen molar-refractivity contribution in [3.05, 3.63) is 153 Å². The number of allylic oxidation sites excluding steroid dienone is 2. The summed E-state index contributed by atoms with van der Waals surface area (Å²) >= 11 is 6.42. The maximum Gasteiger partial charge on any atom is 0.271 e. The molecular weight excluding hydrogens is 694 g/mol. The molecule has 9 rings (SSSR count). The Morgan fingerprint density at radius 3 is 2.17 bits per heavy atom. The van der Waals surface area contributed by atoms with Crippen LogP contribution in [0.15, 0.2) is 127 Å². The maximum atomic E-state index is 15.5. The van der Waals surface area contributed by atoms with Crippen LogP contribution in [0.2, 0.25) is 5.02 Å². The Morgan fingerprint density at radius 1 is 0.736 bits per heavy atom.